The third kappa shape index (κ3) is 14.5. The number of carbonyl (C=O) groups excluding carboxylic acids is 3. The van der Waals surface area contributed by atoms with Gasteiger partial charge >= 0.3 is 17.9 Å². The number of ether oxygens (including phenoxy) is 3. The molecule has 0 amide bonds. The molecule has 0 aliphatic heterocycles. The van der Waals surface area contributed by atoms with Crippen molar-refractivity contribution in [1.82, 2.24) is 0 Å². The molecule has 0 unspecified atom stereocenters. The van der Waals surface area contributed by atoms with Gasteiger partial charge in [0.25, 0.3) is 0 Å². The Bertz CT molecular complexity index is 4580. The molecule has 0 fully saturated rings. The minimum absolute atomic E-state index is 0.0302. The molecular weight excluding hydrogens is 1160 g/mol. The van der Waals surface area contributed by atoms with Gasteiger partial charge in [0.1, 0.15) is 17.1 Å². The molecule has 0 spiro atoms. The first-order valence-corrected chi connectivity index (χ1v) is 29.1. The zero-order valence-corrected chi connectivity index (χ0v) is 49.0. The molecule has 13 aromatic carbocycles. The number of hydrogen-bond donors (Lipinski definition) is 0. The highest BCUT2D eigenvalue weighted by molar-refractivity contribution is 6.05. The fourth-order valence-electron chi connectivity index (χ4n) is 9.63. The van der Waals surface area contributed by atoms with Crippen LogP contribution in [-0.2, 0) is 0 Å². The summed E-state index contributed by atoms with van der Waals surface area (Å²) in [5.74, 6) is -2.79. The van der Waals surface area contributed by atoms with Crippen LogP contribution in [0.1, 0.15) is 31.1 Å². The third-order valence-corrected chi connectivity index (χ3v) is 14.3. The van der Waals surface area contributed by atoms with E-state index in [9.17, 15) is 14.4 Å². The highest BCUT2D eigenvalue weighted by atomic mass is 16.5. The number of benzene rings is 13. The number of hydrogen-bond acceptors (Lipinski definition) is 18. The number of nitrogens with zero attached hydrogens (tertiary/aromatic N) is 12. The maximum absolute atomic E-state index is 14.8. The van der Waals surface area contributed by atoms with Gasteiger partial charge in [-0.15, -0.1) is 15.3 Å². The van der Waals surface area contributed by atoms with Crippen LogP contribution in [0.4, 0.5) is 68.2 Å². The molecule has 0 aliphatic carbocycles. The third-order valence-electron chi connectivity index (χ3n) is 14.3. The SMILES string of the molecule is O=C(Oc1ccc2ccccc2c1/N=N/c1ccc(/N=N/c2ccccc2)cc1)c1cc(C(=O)Oc2ccc3ccccc3c2/N=N/c2ccc(/N=N/c3ccccc3)cc2)cc(C(=O)Oc2ccc3ccccc3c2/N=N/c2ccc(/N=N/c3ccccc3)cc2)c1. The van der Waals surface area contributed by atoms with Gasteiger partial charge in [-0.3, -0.25) is 0 Å². The summed E-state index contributed by atoms with van der Waals surface area (Å²) in [5.41, 5.74) is 5.39. The molecule has 0 heterocycles. The van der Waals surface area contributed by atoms with Crippen LogP contribution < -0.4 is 14.2 Å². The van der Waals surface area contributed by atoms with E-state index in [2.05, 4.69) is 61.4 Å². The molecule has 18 heteroatoms. The molecule has 13 aromatic rings. The summed E-state index contributed by atoms with van der Waals surface area (Å²) in [6.45, 7) is 0. The lowest BCUT2D eigenvalue weighted by Crippen LogP contribution is -2.17. The second-order valence-electron chi connectivity index (χ2n) is 20.6. The summed E-state index contributed by atoms with van der Waals surface area (Å²) < 4.78 is 18.6. The van der Waals surface area contributed by atoms with Crippen LogP contribution in [-0.4, -0.2) is 17.9 Å². The first kappa shape index (κ1) is 58.7. The van der Waals surface area contributed by atoms with Gasteiger partial charge < -0.3 is 14.2 Å². The average Bonchev–Trinajstić information content (AvgIpc) is 1.24. The predicted molar refractivity (Wildman–Crippen MR) is 357 cm³/mol. The van der Waals surface area contributed by atoms with Crippen LogP contribution in [0.5, 0.6) is 17.2 Å². The second kappa shape index (κ2) is 27.8. The number of rotatable bonds is 18. The molecule has 0 radical (unpaired) electrons. The molecule has 18 nitrogen and oxygen atoms in total. The van der Waals surface area contributed by atoms with E-state index in [-0.39, 0.29) is 51.0 Å². The normalized spacial score (nSPS) is 11.7. The largest absolute Gasteiger partial charge is 0.421 e. The summed E-state index contributed by atoms with van der Waals surface area (Å²) in [6.07, 6.45) is 0. The van der Waals surface area contributed by atoms with E-state index in [1.165, 1.54) is 18.2 Å². The van der Waals surface area contributed by atoms with Gasteiger partial charge in [0, 0.05) is 16.2 Å². The minimum atomic E-state index is -0.959. The Kier molecular flexibility index (Phi) is 17.5. The van der Waals surface area contributed by atoms with E-state index in [0.29, 0.717) is 67.3 Å². The lowest BCUT2D eigenvalue weighted by molar-refractivity contribution is 0.0735. The van der Waals surface area contributed by atoms with Crippen molar-refractivity contribution in [2.75, 3.05) is 0 Å². The molecule has 0 aliphatic rings. The number of esters is 3. The van der Waals surface area contributed by atoms with Crippen molar-refractivity contribution in [3.8, 4) is 17.2 Å². The molecule has 0 bridgehead atoms. The molecule has 444 valence electrons. The Morgan fingerprint density at radius 1 is 0.204 bits per heavy atom. The predicted octanol–water partition coefficient (Wildman–Crippen LogP) is 23.3. The van der Waals surface area contributed by atoms with Crippen molar-refractivity contribution >= 4 is 118 Å². The van der Waals surface area contributed by atoms with Gasteiger partial charge in [0.2, 0.25) is 0 Å². The number of carbonyl (C=O) groups is 3. The summed E-state index contributed by atoms with van der Waals surface area (Å²) in [7, 11) is 0. The van der Waals surface area contributed by atoms with Crippen LogP contribution in [0.3, 0.4) is 0 Å². The van der Waals surface area contributed by atoms with Crippen LogP contribution in [0.25, 0.3) is 32.3 Å². The van der Waals surface area contributed by atoms with Crippen molar-refractivity contribution < 1.29 is 28.6 Å². The topological polar surface area (TPSA) is 227 Å². The van der Waals surface area contributed by atoms with Crippen LogP contribution in [0.2, 0.25) is 0 Å². The van der Waals surface area contributed by atoms with E-state index in [4.69, 9.17) is 14.2 Å². The smallest absolute Gasteiger partial charge is 0.343 e. The van der Waals surface area contributed by atoms with E-state index in [1.54, 1.807) is 109 Å². The molecule has 93 heavy (non-hydrogen) atoms. The Morgan fingerprint density at radius 3 is 0.656 bits per heavy atom. The van der Waals surface area contributed by atoms with Crippen molar-refractivity contribution in [2.24, 2.45) is 61.4 Å². The Hall–Kier alpha value is -13.4. The summed E-state index contributed by atoms with van der Waals surface area (Å²) in [4.78, 5) is 44.5. The molecular formula is C75H48N12O6. The van der Waals surface area contributed by atoms with Crippen molar-refractivity contribution in [3.05, 3.63) is 308 Å². The quantitative estimate of drug-likeness (QED) is 0.0461. The minimum Gasteiger partial charge on any atom is -0.421 e. The van der Waals surface area contributed by atoms with E-state index >= 15 is 0 Å². The Balaban J connectivity index is 0.830. The van der Waals surface area contributed by atoms with Crippen molar-refractivity contribution in [2.45, 2.75) is 0 Å². The van der Waals surface area contributed by atoms with Gasteiger partial charge in [-0.2, -0.15) is 46.0 Å². The van der Waals surface area contributed by atoms with Crippen molar-refractivity contribution in [3.63, 3.8) is 0 Å². The van der Waals surface area contributed by atoms with Gasteiger partial charge in [-0.25, -0.2) is 14.4 Å². The monoisotopic (exact) mass is 1210 g/mol. The average molecular weight is 1210 g/mol. The first-order chi connectivity index (χ1) is 45.8. The lowest BCUT2D eigenvalue weighted by atomic mass is 10.0. The summed E-state index contributed by atoms with van der Waals surface area (Å²) >= 11 is 0. The first-order valence-electron chi connectivity index (χ1n) is 29.1. The standard InChI is InChI=1S/C75H48N12O6/c88-73(91-67-43-28-49-16-10-13-25-64(49)70(67)85-82-61-37-31-58(32-38-61)79-76-55-19-4-1-5-20-55)52-46-53(74(89)92-68-44-29-50-17-11-14-26-65(50)71(68)86-83-62-39-33-59(34-40-62)80-77-56-21-6-2-7-22-56)48-54(47-52)75(90)93-69-45-30-51-18-12-15-27-66(51)72(69)87-84-63-41-35-60(36-42-63)81-78-57-23-8-3-9-24-57/h1-48H/b79-76+,80-77+,81-78+,85-82+,86-83+,87-84+. The van der Waals surface area contributed by atoms with Crippen LogP contribution >= 0.6 is 0 Å². The molecule has 0 saturated heterocycles. The van der Waals surface area contributed by atoms with E-state index in [0.717, 1.165) is 16.2 Å². The van der Waals surface area contributed by atoms with Gasteiger partial charge in [-0.1, -0.05) is 146 Å². The zero-order chi connectivity index (χ0) is 63.1. The van der Waals surface area contributed by atoms with Gasteiger partial charge in [-0.05, 0) is 162 Å². The fraction of sp³-hybridized carbons (Fsp3) is 0. The fourth-order valence-corrected chi connectivity index (χ4v) is 9.63. The zero-order valence-electron chi connectivity index (χ0n) is 49.0. The molecule has 13 rings (SSSR count). The Morgan fingerprint density at radius 2 is 0.409 bits per heavy atom. The van der Waals surface area contributed by atoms with Crippen LogP contribution in [0, 0.1) is 0 Å². The maximum atomic E-state index is 14.8. The van der Waals surface area contributed by atoms with Crippen molar-refractivity contribution in [1.29, 1.82) is 0 Å². The van der Waals surface area contributed by atoms with E-state index in [1.807, 2.05) is 164 Å². The molecule has 0 N–H and O–H groups in total. The number of azo groups is 6. The van der Waals surface area contributed by atoms with Gasteiger partial charge in [0.05, 0.1) is 67.9 Å². The van der Waals surface area contributed by atoms with Gasteiger partial charge in [0.15, 0.2) is 17.2 Å². The highest BCUT2D eigenvalue weighted by Crippen LogP contribution is 2.42. The maximum Gasteiger partial charge on any atom is 0.343 e. The Labute approximate surface area is 531 Å². The summed E-state index contributed by atoms with van der Waals surface area (Å²) in [6, 6.07) is 85.2. The van der Waals surface area contributed by atoms with Crippen LogP contribution in [0.15, 0.2) is 353 Å². The molecule has 0 saturated carbocycles. The number of fused-ring (bicyclic) bond motifs is 3. The highest BCUT2D eigenvalue weighted by Gasteiger charge is 2.24. The molecule has 0 atom stereocenters. The lowest BCUT2D eigenvalue weighted by Gasteiger charge is -2.13. The molecule has 0 aromatic heterocycles. The van der Waals surface area contributed by atoms with E-state index < -0.39 is 17.9 Å². The second-order valence-corrected chi connectivity index (χ2v) is 20.6. The summed E-state index contributed by atoms with van der Waals surface area (Å²) in [5, 5.41) is 57.6.